The third kappa shape index (κ3) is 2.91. The molecule has 88 valence electrons. The van der Waals surface area contributed by atoms with Crippen LogP contribution in [0.25, 0.3) is 0 Å². The molecule has 2 heterocycles. The van der Waals surface area contributed by atoms with Gasteiger partial charge in [0.05, 0.1) is 12.2 Å². The van der Waals surface area contributed by atoms with Crippen LogP contribution in [0.3, 0.4) is 0 Å². The van der Waals surface area contributed by atoms with Gasteiger partial charge in [0, 0.05) is 22.4 Å². The van der Waals surface area contributed by atoms with E-state index in [1.807, 2.05) is 6.92 Å². The Morgan fingerprint density at radius 3 is 2.88 bits per heavy atom. The van der Waals surface area contributed by atoms with Crippen LogP contribution in [0.5, 0.6) is 0 Å². The van der Waals surface area contributed by atoms with Gasteiger partial charge in [-0.05, 0) is 35.0 Å². The summed E-state index contributed by atoms with van der Waals surface area (Å²) in [6.45, 7) is 1.89. The summed E-state index contributed by atoms with van der Waals surface area (Å²) in [5.41, 5.74) is 1.32. The van der Waals surface area contributed by atoms with E-state index in [1.54, 1.807) is 30.7 Å². The van der Waals surface area contributed by atoms with Gasteiger partial charge in [-0.15, -0.1) is 0 Å². The highest BCUT2D eigenvalue weighted by Gasteiger charge is 2.12. The number of aromatic amines is 1. The first kappa shape index (κ1) is 11.8. The van der Waals surface area contributed by atoms with Crippen molar-refractivity contribution < 1.29 is 4.79 Å². The van der Waals surface area contributed by atoms with E-state index in [4.69, 9.17) is 0 Å². The monoisotopic (exact) mass is 294 g/mol. The summed E-state index contributed by atoms with van der Waals surface area (Å²) in [6, 6.07) is 3.35. The molecule has 1 unspecified atom stereocenters. The molecule has 0 aromatic carbocycles. The number of hydrogen-bond acceptors (Lipinski definition) is 3. The molecule has 2 aromatic heterocycles. The molecule has 2 rings (SSSR count). The Kier molecular flexibility index (Phi) is 3.53. The number of carbonyl (C=O) groups excluding carboxylic acids is 1. The van der Waals surface area contributed by atoms with Gasteiger partial charge in [-0.3, -0.25) is 9.89 Å². The minimum atomic E-state index is -0.203. The number of pyridine rings is 1. The summed E-state index contributed by atoms with van der Waals surface area (Å²) in [7, 11) is 0. The summed E-state index contributed by atoms with van der Waals surface area (Å²) in [6.07, 6.45) is 5.03. The van der Waals surface area contributed by atoms with Crippen LogP contribution >= 0.6 is 15.9 Å². The molecule has 0 bridgehead atoms. The second-order valence-corrected chi connectivity index (χ2v) is 4.50. The molecule has 2 N–H and O–H groups in total. The zero-order chi connectivity index (χ0) is 12.3. The summed E-state index contributed by atoms with van der Waals surface area (Å²) < 4.78 is 0.844. The van der Waals surface area contributed by atoms with Gasteiger partial charge in [0.15, 0.2) is 0 Å². The smallest absolute Gasteiger partial charge is 0.270 e. The Morgan fingerprint density at radius 1 is 1.47 bits per heavy atom. The van der Waals surface area contributed by atoms with Gasteiger partial charge in [-0.2, -0.15) is 5.10 Å². The number of H-pyrrole nitrogens is 1. The Bertz CT molecular complexity index is 495. The lowest BCUT2D eigenvalue weighted by Crippen LogP contribution is -2.27. The molecule has 0 radical (unpaired) electrons. The summed E-state index contributed by atoms with van der Waals surface area (Å²) >= 11 is 3.27. The SMILES string of the molecule is CC(NC(=O)c1ccc(Br)cn1)c1cn[nH]c1. The van der Waals surface area contributed by atoms with Gasteiger partial charge in [0.25, 0.3) is 5.91 Å². The molecule has 2 aromatic rings. The number of carbonyl (C=O) groups is 1. The number of amides is 1. The normalized spacial score (nSPS) is 12.1. The first-order valence-electron chi connectivity index (χ1n) is 5.08. The van der Waals surface area contributed by atoms with Crippen molar-refractivity contribution in [2.75, 3.05) is 0 Å². The fourth-order valence-corrected chi connectivity index (χ4v) is 1.60. The average molecular weight is 295 g/mol. The van der Waals surface area contributed by atoms with Gasteiger partial charge in [0.1, 0.15) is 5.69 Å². The van der Waals surface area contributed by atoms with Crippen molar-refractivity contribution in [3.05, 3.63) is 46.5 Å². The topological polar surface area (TPSA) is 70.7 Å². The first-order valence-corrected chi connectivity index (χ1v) is 5.87. The Balaban J connectivity index is 2.04. The molecule has 0 aliphatic rings. The summed E-state index contributed by atoms with van der Waals surface area (Å²) in [5, 5.41) is 9.39. The molecule has 5 nitrogen and oxygen atoms in total. The Hall–Kier alpha value is -1.69. The quantitative estimate of drug-likeness (QED) is 0.910. The van der Waals surface area contributed by atoms with Crippen molar-refractivity contribution in [3.63, 3.8) is 0 Å². The molecule has 1 amide bonds. The Morgan fingerprint density at radius 2 is 2.29 bits per heavy atom. The fraction of sp³-hybridized carbons (Fsp3) is 0.182. The van der Waals surface area contributed by atoms with Crippen molar-refractivity contribution in [2.24, 2.45) is 0 Å². The highest BCUT2D eigenvalue weighted by molar-refractivity contribution is 9.10. The minimum absolute atomic E-state index is 0.105. The minimum Gasteiger partial charge on any atom is -0.344 e. The number of nitrogens with one attached hydrogen (secondary N) is 2. The maximum absolute atomic E-state index is 11.8. The van der Waals surface area contributed by atoms with Crippen LogP contribution in [-0.4, -0.2) is 21.1 Å². The third-order valence-electron chi connectivity index (χ3n) is 2.33. The van der Waals surface area contributed by atoms with E-state index in [1.165, 1.54) is 0 Å². The summed E-state index contributed by atoms with van der Waals surface area (Å²) in [4.78, 5) is 15.9. The second-order valence-electron chi connectivity index (χ2n) is 3.59. The van der Waals surface area contributed by atoms with Crippen molar-refractivity contribution in [1.29, 1.82) is 0 Å². The van der Waals surface area contributed by atoms with Gasteiger partial charge in [0.2, 0.25) is 0 Å². The first-order chi connectivity index (χ1) is 8.16. The lowest BCUT2D eigenvalue weighted by Gasteiger charge is -2.11. The molecule has 17 heavy (non-hydrogen) atoms. The fourth-order valence-electron chi connectivity index (χ4n) is 1.36. The van der Waals surface area contributed by atoms with Crippen LogP contribution in [0, 0.1) is 0 Å². The van der Waals surface area contributed by atoms with Gasteiger partial charge < -0.3 is 5.32 Å². The zero-order valence-electron chi connectivity index (χ0n) is 9.14. The van der Waals surface area contributed by atoms with E-state index in [0.29, 0.717) is 5.69 Å². The molecular formula is C11H11BrN4O. The molecule has 0 spiro atoms. The lowest BCUT2D eigenvalue weighted by atomic mass is 10.2. The van der Waals surface area contributed by atoms with Gasteiger partial charge in [-0.25, -0.2) is 4.98 Å². The molecule has 0 aliphatic carbocycles. The van der Waals surface area contributed by atoms with Crippen LogP contribution in [0.1, 0.15) is 29.0 Å². The van der Waals surface area contributed by atoms with Crippen molar-refractivity contribution in [1.82, 2.24) is 20.5 Å². The number of rotatable bonds is 3. The molecule has 0 fully saturated rings. The Labute approximate surface area is 107 Å². The van der Waals surface area contributed by atoms with Crippen LogP contribution < -0.4 is 5.32 Å². The molecule has 1 atom stereocenters. The van der Waals surface area contributed by atoms with E-state index >= 15 is 0 Å². The van der Waals surface area contributed by atoms with E-state index < -0.39 is 0 Å². The van der Waals surface area contributed by atoms with Gasteiger partial charge >= 0.3 is 0 Å². The highest BCUT2D eigenvalue weighted by Crippen LogP contribution is 2.11. The van der Waals surface area contributed by atoms with E-state index in [0.717, 1.165) is 10.0 Å². The number of aromatic nitrogens is 3. The molecule has 0 saturated carbocycles. The molecular weight excluding hydrogens is 284 g/mol. The predicted molar refractivity (Wildman–Crippen MR) is 66.4 cm³/mol. The maximum atomic E-state index is 11.8. The largest absolute Gasteiger partial charge is 0.344 e. The predicted octanol–water partition coefficient (Wildman–Crippen LogP) is 2.06. The van der Waals surface area contributed by atoms with Gasteiger partial charge in [-0.1, -0.05) is 0 Å². The highest BCUT2D eigenvalue weighted by atomic mass is 79.9. The number of halogens is 1. The van der Waals surface area contributed by atoms with E-state index in [-0.39, 0.29) is 11.9 Å². The zero-order valence-corrected chi connectivity index (χ0v) is 10.7. The van der Waals surface area contributed by atoms with E-state index in [2.05, 4.69) is 36.4 Å². The van der Waals surface area contributed by atoms with E-state index in [9.17, 15) is 4.79 Å². The average Bonchev–Trinajstić information content (AvgIpc) is 2.83. The number of nitrogens with zero attached hydrogens (tertiary/aromatic N) is 2. The molecule has 0 aliphatic heterocycles. The van der Waals surface area contributed by atoms with Crippen LogP contribution in [-0.2, 0) is 0 Å². The molecule has 6 heteroatoms. The van der Waals surface area contributed by atoms with Crippen molar-refractivity contribution in [2.45, 2.75) is 13.0 Å². The van der Waals surface area contributed by atoms with Crippen LogP contribution in [0.15, 0.2) is 35.2 Å². The lowest BCUT2D eigenvalue weighted by molar-refractivity contribution is 0.0935. The second kappa shape index (κ2) is 5.09. The molecule has 0 saturated heterocycles. The standard InChI is InChI=1S/C11H11BrN4O/c1-7(8-4-14-15-5-8)16-11(17)10-3-2-9(12)6-13-10/h2-7H,1H3,(H,14,15)(H,16,17). The summed E-state index contributed by atoms with van der Waals surface area (Å²) in [5.74, 6) is -0.203. The number of hydrogen-bond donors (Lipinski definition) is 2. The van der Waals surface area contributed by atoms with Crippen LogP contribution in [0.2, 0.25) is 0 Å². The van der Waals surface area contributed by atoms with Crippen molar-refractivity contribution in [3.8, 4) is 0 Å². The van der Waals surface area contributed by atoms with Crippen molar-refractivity contribution >= 4 is 21.8 Å². The maximum Gasteiger partial charge on any atom is 0.270 e. The van der Waals surface area contributed by atoms with Crippen LogP contribution in [0.4, 0.5) is 0 Å². The third-order valence-corrected chi connectivity index (χ3v) is 2.80.